The second-order valence-corrected chi connectivity index (χ2v) is 11.9. The molecule has 1 amide bonds. The highest BCUT2D eigenvalue weighted by atomic mass is 35.5. The van der Waals surface area contributed by atoms with Gasteiger partial charge in [-0.25, -0.2) is 33.5 Å². The second kappa shape index (κ2) is 11.4. The number of hydrogen-bond acceptors (Lipinski definition) is 8. The summed E-state index contributed by atoms with van der Waals surface area (Å²) in [6, 6.07) is 7.07. The average Bonchev–Trinajstić information content (AvgIpc) is 2.93. The van der Waals surface area contributed by atoms with E-state index in [1.807, 2.05) is 39.5 Å². The summed E-state index contributed by atoms with van der Waals surface area (Å²) in [5.41, 5.74) is 7.46. The van der Waals surface area contributed by atoms with Crippen LogP contribution in [0.5, 0.6) is 0 Å². The Balaban J connectivity index is 1.89. The molecule has 1 aromatic carbocycles. The van der Waals surface area contributed by atoms with Crippen LogP contribution < -0.4 is 16.3 Å². The van der Waals surface area contributed by atoms with Crippen molar-refractivity contribution in [2.45, 2.75) is 65.5 Å². The molecule has 2 atom stereocenters. The van der Waals surface area contributed by atoms with E-state index in [1.54, 1.807) is 31.2 Å². The van der Waals surface area contributed by atoms with Crippen molar-refractivity contribution < 1.29 is 14.3 Å². The fraction of sp³-hybridized carbons (Fsp3) is 0.400. The van der Waals surface area contributed by atoms with Crippen LogP contribution in [0.4, 0.5) is 21.0 Å². The molecule has 226 valence electrons. The third-order valence-corrected chi connectivity index (χ3v) is 7.99. The molecule has 1 aliphatic rings. The first kappa shape index (κ1) is 30.1. The standard InChI is InChI=1S/C30H34ClFN8O3/c1-14(2)22-25(23(15(3)4)36-28(33)35-22)40-27-19(11-20(31)24(34-27)18-9-7-8-10-21(18)32)26(37-29(40)41)38-12-17(6)39(30(42)43)13-16(38)5/h7-11,14-17H,12-13H2,1-6H3,(H,42,43)(H2,33,35,36)/t16-,17+/m0/s1. The van der Waals surface area contributed by atoms with Crippen LogP contribution in [0.25, 0.3) is 28.0 Å². The number of fused-ring (bicyclic) bond motifs is 1. The molecule has 1 aliphatic heterocycles. The molecular weight excluding hydrogens is 575 g/mol. The van der Waals surface area contributed by atoms with Gasteiger partial charge in [0.15, 0.2) is 5.65 Å². The van der Waals surface area contributed by atoms with Crippen molar-refractivity contribution in [1.29, 1.82) is 0 Å². The minimum Gasteiger partial charge on any atom is -0.465 e. The van der Waals surface area contributed by atoms with E-state index in [-0.39, 0.29) is 64.9 Å². The molecule has 5 rings (SSSR count). The Kier molecular flexibility index (Phi) is 7.99. The molecule has 0 spiro atoms. The summed E-state index contributed by atoms with van der Waals surface area (Å²) in [5.74, 6) is -0.428. The summed E-state index contributed by atoms with van der Waals surface area (Å²) in [7, 11) is 0. The Bertz CT molecular complexity index is 1760. The maximum absolute atomic E-state index is 15.0. The van der Waals surface area contributed by atoms with Crippen LogP contribution >= 0.6 is 11.6 Å². The average molecular weight is 609 g/mol. The molecule has 3 aromatic heterocycles. The van der Waals surface area contributed by atoms with Gasteiger partial charge in [0.2, 0.25) is 5.95 Å². The lowest BCUT2D eigenvalue weighted by molar-refractivity contribution is 0.114. The summed E-state index contributed by atoms with van der Waals surface area (Å²) in [6.07, 6.45) is -1.02. The Morgan fingerprint density at radius 3 is 2.23 bits per heavy atom. The van der Waals surface area contributed by atoms with Gasteiger partial charge < -0.3 is 20.6 Å². The number of pyridine rings is 1. The molecule has 4 heterocycles. The topological polar surface area (TPSA) is 143 Å². The molecule has 0 bridgehead atoms. The number of carbonyl (C=O) groups is 1. The monoisotopic (exact) mass is 608 g/mol. The fourth-order valence-corrected chi connectivity index (χ4v) is 5.85. The fourth-order valence-electron chi connectivity index (χ4n) is 5.60. The summed E-state index contributed by atoms with van der Waals surface area (Å²) in [5, 5.41) is 10.3. The van der Waals surface area contributed by atoms with Crippen molar-refractivity contribution >= 4 is 40.5 Å². The molecule has 0 aliphatic carbocycles. The van der Waals surface area contributed by atoms with Gasteiger partial charge in [0.25, 0.3) is 0 Å². The molecule has 0 saturated carbocycles. The summed E-state index contributed by atoms with van der Waals surface area (Å²) < 4.78 is 16.4. The lowest BCUT2D eigenvalue weighted by Gasteiger charge is -2.43. The molecule has 11 nitrogen and oxygen atoms in total. The van der Waals surface area contributed by atoms with Crippen molar-refractivity contribution in [1.82, 2.24) is 29.4 Å². The van der Waals surface area contributed by atoms with Gasteiger partial charge in [-0.3, -0.25) is 0 Å². The van der Waals surface area contributed by atoms with Gasteiger partial charge in [-0.05, 0) is 43.9 Å². The van der Waals surface area contributed by atoms with Crippen LogP contribution in [0.15, 0.2) is 35.1 Å². The minimum absolute atomic E-state index is 0.0836. The zero-order valence-corrected chi connectivity index (χ0v) is 25.6. The lowest BCUT2D eigenvalue weighted by atomic mass is 10.0. The van der Waals surface area contributed by atoms with Gasteiger partial charge in [-0.2, -0.15) is 4.98 Å². The molecule has 3 N–H and O–H groups in total. The van der Waals surface area contributed by atoms with Crippen LogP contribution in [0.1, 0.15) is 64.8 Å². The van der Waals surface area contributed by atoms with Crippen LogP contribution in [0.2, 0.25) is 5.02 Å². The number of rotatable bonds is 5. The first-order valence-electron chi connectivity index (χ1n) is 14.1. The molecule has 1 saturated heterocycles. The van der Waals surface area contributed by atoms with E-state index >= 15 is 4.39 Å². The highest BCUT2D eigenvalue weighted by molar-refractivity contribution is 6.33. The highest BCUT2D eigenvalue weighted by Gasteiger charge is 2.35. The van der Waals surface area contributed by atoms with Crippen molar-refractivity contribution in [2.75, 3.05) is 23.7 Å². The third kappa shape index (κ3) is 5.35. The number of amides is 1. The number of piperazine rings is 1. The van der Waals surface area contributed by atoms with Gasteiger partial charge in [-0.1, -0.05) is 51.4 Å². The molecule has 0 unspecified atom stereocenters. The zero-order valence-electron chi connectivity index (χ0n) is 24.8. The summed E-state index contributed by atoms with van der Waals surface area (Å²) >= 11 is 6.78. The number of anilines is 2. The smallest absolute Gasteiger partial charge is 0.407 e. The Labute approximate surface area is 253 Å². The maximum atomic E-state index is 15.0. The quantitative estimate of drug-likeness (QED) is 0.303. The van der Waals surface area contributed by atoms with E-state index in [0.29, 0.717) is 28.3 Å². The summed E-state index contributed by atoms with van der Waals surface area (Å²) in [4.78, 5) is 47.7. The number of benzene rings is 1. The Hall–Kier alpha value is -4.32. The first-order valence-corrected chi connectivity index (χ1v) is 14.5. The number of hydrogen-bond donors (Lipinski definition) is 2. The van der Waals surface area contributed by atoms with E-state index < -0.39 is 17.6 Å². The van der Waals surface area contributed by atoms with Crippen molar-refractivity contribution in [3.63, 3.8) is 0 Å². The molecule has 43 heavy (non-hydrogen) atoms. The van der Waals surface area contributed by atoms with Gasteiger partial charge >= 0.3 is 11.8 Å². The van der Waals surface area contributed by atoms with Crippen LogP contribution in [0.3, 0.4) is 0 Å². The molecule has 1 fully saturated rings. The zero-order chi connectivity index (χ0) is 31.3. The number of halogens is 2. The minimum atomic E-state index is -1.02. The third-order valence-electron chi connectivity index (χ3n) is 7.71. The lowest BCUT2D eigenvalue weighted by Crippen LogP contribution is -2.58. The predicted octanol–water partition coefficient (Wildman–Crippen LogP) is 5.44. The Morgan fingerprint density at radius 2 is 1.65 bits per heavy atom. The number of aromatic nitrogens is 5. The largest absolute Gasteiger partial charge is 0.465 e. The maximum Gasteiger partial charge on any atom is 0.407 e. The van der Waals surface area contributed by atoms with Crippen LogP contribution in [-0.2, 0) is 0 Å². The second-order valence-electron chi connectivity index (χ2n) is 11.5. The first-order chi connectivity index (χ1) is 20.3. The van der Waals surface area contributed by atoms with E-state index in [2.05, 4.69) is 15.0 Å². The predicted molar refractivity (Wildman–Crippen MR) is 165 cm³/mol. The van der Waals surface area contributed by atoms with E-state index in [1.165, 1.54) is 15.5 Å². The number of nitrogens with zero attached hydrogens (tertiary/aromatic N) is 7. The molecule has 0 radical (unpaired) electrons. The highest BCUT2D eigenvalue weighted by Crippen LogP contribution is 2.37. The van der Waals surface area contributed by atoms with Crippen molar-refractivity contribution in [2.24, 2.45) is 0 Å². The van der Waals surface area contributed by atoms with Gasteiger partial charge in [0.05, 0.1) is 33.2 Å². The molecule has 4 aromatic rings. The number of carboxylic acid groups (broad SMARTS) is 1. The van der Waals surface area contributed by atoms with Gasteiger partial charge in [0.1, 0.15) is 11.6 Å². The van der Waals surface area contributed by atoms with E-state index in [4.69, 9.17) is 22.3 Å². The van der Waals surface area contributed by atoms with Gasteiger partial charge in [0, 0.05) is 30.7 Å². The molecular formula is C30H34ClFN8O3. The van der Waals surface area contributed by atoms with Crippen LogP contribution in [0, 0.1) is 5.82 Å². The van der Waals surface area contributed by atoms with Crippen LogP contribution in [-0.4, -0.2) is 65.8 Å². The normalized spacial score (nSPS) is 17.3. The summed E-state index contributed by atoms with van der Waals surface area (Å²) in [6.45, 7) is 11.9. The Morgan fingerprint density at radius 1 is 1.02 bits per heavy atom. The van der Waals surface area contributed by atoms with Crippen molar-refractivity contribution in [3.8, 4) is 16.9 Å². The number of nitrogens with two attached hydrogens (primary N) is 1. The van der Waals surface area contributed by atoms with E-state index in [9.17, 15) is 14.7 Å². The molecule has 13 heteroatoms. The SMILES string of the molecule is CC(C)c1nc(N)nc(C(C)C)c1-n1c(=O)nc(N2C[C@@H](C)N(C(=O)O)C[C@@H]2C)c2cc(Cl)c(-c3ccccc3F)nc21. The van der Waals surface area contributed by atoms with Crippen molar-refractivity contribution in [3.05, 3.63) is 63.0 Å². The number of nitrogen functional groups attached to an aromatic ring is 1. The van der Waals surface area contributed by atoms with Gasteiger partial charge in [-0.15, -0.1) is 0 Å². The van der Waals surface area contributed by atoms with E-state index in [0.717, 1.165) is 0 Å².